The Balaban J connectivity index is 1.90. The zero-order valence-corrected chi connectivity index (χ0v) is 30.0. The van der Waals surface area contributed by atoms with E-state index in [9.17, 15) is 9.59 Å². The highest BCUT2D eigenvalue weighted by Crippen LogP contribution is 2.55. The molecule has 0 N–H and O–H groups in total. The van der Waals surface area contributed by atoms with Crippen molar-refractivity contribution >= 4 is 18.1 Å². The number of rotatable bonds is 11. The smallest absolute Gasteiger partial charge is 0.411 e. The molecule has 2 aliphatic rings. The van der Waals surface area contributed by atoms with Crippen LogP contribution in [0.4, 0.5) is 4.79 Å². The number of piperazine rings is 1. The first-order valence-electron chi connectivity index (χ1n) is 16.2. The number of amides is 2. The molecule has 3 aromatic carbocycles. The summed E-state index contributed by atoms with van der Waals surface area (Å²) in [5.41, 5.74) is 4.87. The van der Waals surface area contributed by atoms with Gasteiger partial charge in [0.05, 0.1) is 55.8 Å². The summed E-state index contributed by atoms with van der Waals surface area (Å²) in [6.45, 7) is 8.12. The Morgan fingerprint density at radius 2 is 1.45 bits per heavy atom. The highest BCUT2D eigenvalue weighted by molar-refractivity contribution is 5.93. The molecule has 2 aliphatic heterocycles. The number of hydrogen-bond donors (Lipinski definition) is 0. The zero-order valence-electron chi connectivity index (χ0n) is 30.0. The first kappa shape index (κ1) is 35.3. The van der Waals surface area contributed by atoms with E-state index in [1.165, 1.54) is 4.90 Å². The first-order chi connectivity index (χ1) is 23.6. The Hall–Kier alpha value is -5.06. The third-order valence-corrected chi connectivity index (χ3v) is 9.09. The highest BCUT2D eigenvalue weighted by Gasteiger charge is 2.54. The fourth-order valence-electron chi connectivity index (χ4n) is 7.02. The Kier molecular flexibility index (Phi) is 10.5. The van der Waals surface area contributed by atoms with Gasteiger partial charge in [-0.15, -0.1) is 0 Å². The molecule has 0 saturated carbocycles. The third kappa shape index (κ3) is 6.18. The van der Waals surface area contributed by atoms with E-state index < -0.39 is 18.2 Å². The SMILES string of the molecule is COc1cc(/C=C2/C3c4c(c(OC)c(C)c(OC)c4OC)CC(C(=O)N2Cc2ccccc2)N3C(=O)OCC(C)C)c(OC)c(C)c1OC. The number of methoxy groups -OCH3 is 6. The Morgan fingerprint density at radius 1 is 0.837 bits per heavy atom. The first-order valence-corrected chi connectivity index (χ1v) is 16.2. The van der Waals surface area contributed by atoms with Gasteiger partial charge in [0.15, 0.2) is 23.0 Å². The molecule has 1 fully saturated rings. The Labute approximate surface area is 288 Å². The third-order valence-electron chi connectivity index (χ3n) is 9.09. The van der Waals surface area contributed by atoms with Crippen molar-refractivity contribution in [1.29, 1.82) is 0 Å². The summed E-state index contributed by atoms with van der Waals surface area (Å²) in [6.07, 6.45) is 1.44. The molecular formula is C38H46N2O9. The lowest BCUT2D eigenvalue weighted by Crippen LogP contribution is -2.61. The minimum Gasteiger partial charge on any atom is -0.496 e. The van der Waals surface area contributed by atoms with Gasteiger partial charge in [0.2, 0.25) is 5.91 Å². The largest absolute Gasteiger partial charge is 0.496 e. The predicted octanol–water partition coefficient (Wildman–Crippen LogP) is 6.50. The molecule has 0 radical (unpaired) electrons. The lowest BCUT2D eigenvalue weighted by atomic mass is 9.80. The van der Waals surface area contributed by atoms with E-state index >= 15 is 0 Å². The van der Waals surface area contributed by atoms with Crippen molar-refractivity contribution in [2.45, 2.75) is 52.7 Å². The summed E-state index contributed by atoms with van der Waals surface area (Å²) in [7, 11) is 9.43. The lowest BCUT2D eigenvalue weighted by Gasteiger charge is -2.51. The van der Waals surface area contributed by atoms with Gasteiger partial charge < -0.3 is 38.1 Å². The average molecular weight is 675 g/mol. The van der Waals surface area contributed by atoms with Gasteiger partial charge in [0.25, 0.3) is 0 Å². The highest BCUT2D eigenvalue weighted by atomic mass is 16.6. The molecule has 0 aromatic heterocycles. The number of fused-ring (bicyclic) bond motifs is 4. The summed E-state index contributed by atoms with van der Waals surface area (Å²) in [5.74, 6) is 2.83. The summed E-state index contributed by atoms with van der Waals surface area (Å²) in [6, 6.07) is 9.78. The number of hydrogen-bond acceptors (Lipinski definition) is 9. The van der Waals surface area contributed by atoms with Gasteiger partial charge in [0.1, 0.15) is 23.6 Å². The predicted molar refractivity (Wildman–Crippen MR) is 185 cm³/mol. The van der Waals surface area contributed by atoms with E-state index in [4.69, 9.17) is 33.2 Å². The molecule has 0 spiro atoms. The van der Waals surface area contributed by atoms with Gasteiger partial charge >= 0.3 is 6.09 Å². The van der Waals surface area contributed by atoms with Crippen molar-refractivity contribution in [1.82, 2.24) is 9.80 Å². The topological polar surface area (TPSA) is 105 Å². The molecule has 262 valence electrons. The van der Waals surface area contributed by atoms with Crippen LogP contribution in [0.1, 0.15) is 53.3 Å². The molecule has 2 bridgehead atoms. The van der Waals surface area contributed by atoms with E-state index in [0.29, 0.717) is 56.9 Å². The fourth-order valence-corrected chi connectivity index (χ4v) is 7.02. The maximum Gasteiger partial charge on any atom is 0.411 e. The standard InChI is InChI=1S/C38H46N2O9/c1-21(2)20-49-38(42)40-28-18-26-30(36(48-10)35(47-9)23(4)33(26)45-7)31(40)27(39(37(28)41)19-24-14-12-11-13-15-24)16-25-17-29(43-5)34(46-8)22(3)32(25)44-6/h11-17,21,28,31H,18-20H2,1-10H3/b27-16-. The van der Waals surface area contributed by atoms with Crippen LogP contribution in [0.5, 0.6) is 34.5 Å². The van der Waals surface area contributed by atoms with Gasteiger partial charge in [-0.3, -0.25) is 9.69 Å². The monoisotopic (exact) mass is 674 g/mol. The number of ether oxygens (including phenoxy) is 7. The van der Waals surface area contributed by atoms with Crippen LogP contribution in [0, 0.1) is 19.8 Å². The normalized spacial score (nSPS) is 17.5. The molecule has 2 atom stereocenters. The number of carbonyl (C=O) groups excluding carboxylic acids is 2. The summed E-state index contributed by atoms with van der Waals surface area (Å²) in [4.78, 5) is 32.4. The minimum absolute atomic E-state index is 0.0811. The summed E-state index contributed by atoms with van der Waals surface area (Å²) in [5, 5.41) is 0. The van der Waals surface area contributed by atoms with Crippen molar-refractivity contribution < 1.29 is 42.7 Å². The lowest BCUT2D eigenvalue weighted by molar-refractivity contribution is -0.141. The van der Waals surface area contributed by atoms with Crippen LogP contribution in [0.3, 0.4) is 0 Å². The van der Waals surface area contributed by atoms with Gasteiger partial charge in [-0.2, -0.15) is 0 Å². The van der Waals surface area contributed by atoms with Crippen LogP contribution in [0.15, 0.2) is 42.1 Å². The average Bonchev–Trinajstić information content (AvgIpc) is 3.10. The van der Waals surface area contributed by atoms with Crippen molar-refractivity contribution in [3.8, 4) is 34.5 Å². The quantitative estimate of drug-likeness (QED) is 0.226. The molecule has 0 aliphatic carbocycles. The maximum absolute atomic E-state index is 14.9. The van der Waals surface area contributed by atoms with Gasteiger partial charge in [-0.1, -0.05) is 44.2 Å². The molecule has 2 amide bonds. The molecular weight excluding hydrogens is 628 g/mol. The van der Waals surface area contributed by atoms with Crippen LogP contribution >= 0.6 is 0 Å². The van der Waals surface area contributed by atoms with Crippen LogP contribution in [0.2, 0.25) is 0 Å². The van der Waals surface area contributed by atoms with E-state index in [2.05, 4.69) is 0 Å². The van der Waals surface area contributed by atoms with Gasteiger partial charge in [0, 0.05) is 39.9 Å². The number of nitrogens with zero attached hydrogens (tertiary/aromatic N) is 2. The van der Waals surface area contributed by atoms with Crippen LogP contribution in [-0.4, -0.2) is 77.1 Å². The Bertz CT molecular complexity index is 1750. The molecule has 2 unspecified atom stereocenters. The molecule has 49 heavy (non-hydrogen) atoms. The maximum atomic E-state index is 14.9. The summed E-state index contributed by atoms with van der Waals surface area (Å²) < 4.78 is 41.2. The minimum atomic E-state index is -0.890. The number of carbonyl (C=O) groups is 2. The van der Waals surface area contributed by atoms with Crippen molar-refractivity contribution in [3.63, 3.8) is 0 Å². The summed E-state index contributed by atoms with van der Waals surface area (Å²) >= 11 is 0. The van der Waals surface area contributed by atoms with Crippen molar-refractivity contribution in [3.05, 3.63) is 75.5 Å². The van der Waals surface area contributed by atoms with Crippen molar-refractivity contribution in [2.75, 3.05) is 49.3 Å². The zero-order chi connectivity index (χ0) is 35.6. The molecule has 1 saturated heterocycles. The van der Waals surface area contributed by atoms with Gasteiger partial charge in [-0.05, 0) is 37.5 Å². The number of benzene rings is 3. The van der Waals surface area contributed by atoms with E-state index in [0.717, 1.165) is 16.7 Å². The van der Waals surface area contributed by atoms with E-state index in [-0.39, 0.29) is 31.4 Å². The van der Waals surface area contributed by atoms with Gasteiger partial charge in [-0.25, -0.2) is 4.79 Å². The van der Waals surface area contributed by atoms with E-state index in [1.54, 1.807) is 53.6 Å². The molecule has 5 rings (SSSR count). The second kappa shape index (κ2) is 14.6. The van der Waals surface area contributed by atoms with Crippen LogP contribution in [0.25, 0.3) is 6.08 Å². The van der Waals surface area contributed by atoms with E-state index in [1.807, 2.05) is 64.1 Å². The molecule has 2 heterocycles. The van der Waals surface area contributed by atoms with Crippen molar-refractivity contribution in [2.24, 2.45) is 5.92 Å². The second-order valence-corrected chi connectivity index (χ2v) is 12.5. The fraction of sp³-hybridized carbons (Fsp3) is 0.421. The second-order valence-electron chi connectivity index (χ2n) is 12.5. The Morgan fingerprint density at radius 3 is 2.02 bits per heavy atom. The molecule has 3 aromatic rings. The van der Waals surface area contributed by atoms with Crippen LogP contribution in [-0.2, 0) is 22.5 Å². The molecule has 11 heteroatoms. The van der Waals surface area contributed by atoms with Crippen LogP contribution < -0.4 is 28.4 Å². The molecule has 11 nitrogen and oxygen atoms in total.